The lowest BCUT2D eigenvalue weighted by Gasteiger charge is -2.05. The van der Waals surface area contributed by atoms with Gasteiger partial charge in [-0.1, -0.05) is 0 Å². The van der Waals surface area contributed by atoms with Crippen LogP contribution in [0.25, 0.3) is 0 Å². The van der Waals surface area contributed by atoms with Gasteiger partial charge in [0.25, 0.3) is 0 Å². The SMILES string of the molecule is NCc1ncc(O)cc1B(O)O. The summed E-state index contributed by atoms with van der Waals surface area (Å²) in [4.78, 5) is 3.72. The van der Waals surface area contributed by atoms with E-state index in [1.807, 2.05) is 0 Å². The van der Waals surface area contributed by atoms with Crippen molar-refractivity contribution in [2.24, 2.45) is 5.73 Å². The van der Waals surface area contributed by atoms with Gasteiger partial charge in [-0.2, -0.15) is 0 Å². The Morgan fingerprint density at radius 3 is 2.67 bits per heavy atom. The van der Waals surface area contributed by atoms with Crippen LogP contribution < -0.4 is 11.2 Å². The number of nitrogens with two attached hydrogens (primary N) is 1. The molecule has 0 aliphatic rings. The summed E-state index contributed by atoms with van der Waals surface area (Å²) in [5, 5.41) is 26.6. The maximum atomic E-state index is 8.96. The molecule has 1 rings (SSSR count). The van der Waals surface area contributed by atoms with E-state index in [0.29, 0.717) is 5.69 Å². The van der Waals surface area contributed by atoms with E-state index in [1.54, 1.807) is 0 Å². The Balaban J connectivity index is 3.12. The zero-order chi connectivity index (χ0) is 9.14. The number of hydrogen-bond acceptors (Lipinski definition) is 5. The summed E-state index contributed by atoms with van der Waals surface area (Å²) in [6.07, 6.45) is 1.20. The second-order valence-corrected chi connectivity index (χ2v) is 2.31. The highest BCUT2D eigenvalue weighted by atomic mass is 16.4. The molecule has 0 unspecified atom stereocenters. The number of pyridine rings is 1. The van der Waals surface area contributed by atoms with Crippen LogP contribution in [0.15, 0.2) is 12.3 Å². The third-order valence-electron chi connectivity index (χ3n) is 1.46. The Bertz CT molecular complexity index is 279. The number of hydrogen-bond donors (Lipinski definition) is 4. The molecule has 0 bridgehead atoms. The van der Waals surface area contributed by atoms with Crippen molar-refractivity contribution in [1.82, 2.24) is 4.98 Å². The molecule has 1 heterocycles. The highest BCUT2D eigenvalue weighted by Gasteiger charge is 2.16. The smallest absolute Gasteiger partial charge is 0.490 e. The minimum atomic E-state index is -1.65. The number of aromatic hydroxyl groups is 1. The standard InChI is InChI=1S/C6H9BN2O3/c8-2-6-5(7(11)12)1-4(10)3-9-6/h1,3,10-12H,2,8H2. The van der Waals surface area contributed by atoms with Crippen molar-refractivity contribution in [3.8, 4) is 5.75 Å². The van der Waals surface area contributed by atoms with Gasteiger partial charge in [0.2, 0.25) is 0 Å². The molecule has 0 spiro atoms. The van der Waals surface area contributed by atoms with E-state index >= 15 is 0 Å². The molecule has 12 heavy (non-hydrogen) atoms. The van der Waals surface area contributed by atoms with Gasteiger partial charge in [0.1, 0.15) is 5.75 Å². The molecule has 0 aliphatic carbocycles. The van der Waals surface area contributed by atoms with Gasteiger partial charge < -0.3 is 20.9 Å². The summed E-state index contributed by atoms with van der Waals surface area (Å²) >= 11 is 0. The molecule has 64 valence electrons. The highest BCUT2D eigenvalue weighted by molar-refractivity contribution is 6.59. The zero-order valence-corrected chi connectivity index (χ0v) is 6.31. The Kier molecular flexibility index (Phi) is 2.64. The first-order valence-electron chi connectivity index (χ1n) is 3.39. The Labute approximate surface area is 69.6 Å². The largest absolute Gasteiger partial charge is 0.506 e. The second-order valence-electron chi connectivity index (χ2n) is 2.31. The minimum absolute atomic E-state index is 0.104. The monoisotopic (exact) mass is 168 g/mol. The normalized spacial score (nSPS) is 9.92. The maximum Gasteiger partial charge on any atom is 0.490 e. The van der Waals surface area contributed by atoms with E-state index < -0.39 is 7.12 Å². The van der Waals surface area contributed by atoms with Crippen molar-refractivity contribution >= 4 is 12.6 Å². The van der Waals surface area contributed by atoms with Crippen molar-refractivity contribution in [2.75, 3.05) is 0 Å². The van der Waals surface area contributed by atoms with E-state index in [1.165, 1.54) is 12.3 Å². The van der Waals surface area contributed by atoms with Crippen molar-refractivity contribution in [1.29, 1.82) is 0 Å². The summed E-state index contributed by atoms with van der Waals surface area (Å²) in [6, 6.07) is 1.22. The van der Waals surface area contributed by atoms with E-state index in [0.717, 1.165) is 0 Å². The van der Waals surface area contributed by atoms with E-state index in [9.17, 15) is 0 Å². The van der Waals surface area contributed by atoms with E-state index in [-0.39, 0.29) is 17.8 Å². The average Bonchev–Trinajstić information content (AvgIpc) is 2.04. The number of aromatic nitrogens is 1. The predicted octanol–water partition coefficient (Wildman–Crippen LogP) is -2.07. The fraction of sp³-hybridized carbons (Fsp3) is 0.167. The second kappa shape index (κ2) is 3.53. The van der Waals surface area contributed by atoms with Crippen LogP contribution in [0, 0.1) is 0 Å². The summed E-state index contributed by atoms with van der Waals surface area (Å²) in [6.45, 7) is 0.104. The van der Waals surface area contributed by atoms with Gasteiger partial charge in [-0.3, -0.25) is 4.98 Å². The predicted molar refractivity (Wildman–Crippen MR) is 43.6 cm³/mol. The Hall–Kier alpha value is -1.11. The first-order chi connectivity index (χ1) is 5.65. The van der Waals surface area contributed by atoms with Crippen molar-refractivity contribution in [2.45, 2.75) is 6.54 Å². The first-order valence-corrected chi connectivity index (χ1v) is 3.39. The number of rotatable bonds is 2. The van der Waals surface area contributed by atoms with Crippen LogP contribution in [0.2, 0.25) is 0 Å². The molecule has 0 amide bonds. The zero-order valence-electron chi connectivity index (χ0n) is 6.31. The van der Waals surface area contributed by atoms with Crippen molar-refractivity contribution < 1.29 is 15.2 Å². The lowest BCUT2D eigenvalue weighted by atomic mass is 9.79. The summed E-state index contributed by atoms with van der Waals surface area (Å²) in [5.74, 6) is -0.115. The van der Waals surface area contributed by atoms with Gasteiger partial charge in [0.15, 0.2) is 0 Å². The molecule has 6 heteroatoms. The molecular formula is C6H9BN2O3. The molecule has 1 aromatic heterocycles. The van der Waals surface area contributed by atoms with Gasteiger partial charge >= 0.3 is 7.12 Å². The molecule has 5 N–H and O–H groups in total. The maximum absolute atomic E-state index is 8.96. The molecule has 0 saturated heterocycles. The molecule has 0 fully saturated rings. The third-order valence-corrected chi connectivity index (χ3v) is 1.46. The van der Waals surface area contributed by atoms with E-state index in [2.05, 4.69) is 4.98 Å². The average molecular weight is 168 g/mol. The van der Waals surface area contributed by atoms with Crippen LogP contribution in [-0.2, 0) is 6.54 Å². The van der Waals surface area contributed by atoms with Gasteiger partial charge in [-0.05, 0) is 6.07 Å². The molecule has 1 aromatic rings. The molecule has 0 saturated carbocycles. The van der Waals surface area contributed by atoms with Crippen LogP contribution in [0.1, 0.15) is 5.69 Å². The van der Waals surface area contributed by atoms with Gasteiger partial charge in [0, 0.05) is 12.0 Å². The molecule has 0 radical (unpaired) electrons. The Morgan fingerprint density at radius 1 is 1.50 bits per heavy atom. The third kappa shape index (κ3) is 1.73. The highest BCUT2D eigenvalue weighted by Crippen LogP contribution is 2.03. The van der Waals surface area contributed by atoms with Gasteiger partial charge in [0.05, 0.1) is 11.9 Å². The van der Waals surface area contributed by atoms with Gasteiger partial charge in [-0.15, -0.1) is 0 Å². The van der Waals surface area contributed by atoms with Crippen molar-refractivity contribution in [3.05, 3.63) is 18.0 Å². The number of nitrogens with zero attached hydrogens (tertiary/aromatic N) is 1. The fourth-order valence-corrected chi connectivity index (χ4v) is 0.893. The van der Waals surface area contributed by atoms with Gasteiger partial charge in [-0.25, -0.2) is 0 Å². The molecule has 5 nitrogen and oxygen atoms in total. The van der Waals surface area contributed by atoms with Crippen LogP contribution in [0.3, 0.4) is 0 Å². The topological polar surface area (TPSA) is 99.6 Å². The molecule has 0 aromatic carbocycles. The fourth-order valence-electron chi connectivity index (χ4n) is 0.893. The van der Waals surface area contributed by atoms with Crippen LogP contribution >= 0.6 is 0 Å². The first kappa shape index (κ1) is 8.99. The van der Waals surface area contributed by atoms with Crippen molar-refractivity contribution in [3.63, 3.8) is 0 Å². The lowest BCUT2D eigenvalue weighted by Crippen LogP contribution is -2.34. The van der Waals surface area contributed by atoms with Crippen LogP contribution in [0.4, 0.5) is 0 Å². The molecule has 0 atom stereocenters. The summed E-state index contributed by atoms with van der Waals surface area (Å²) in [7, 11) is -1.65. The van der Waals surface area contributed by atoms with Crippen LogP contribution in [0.5, 0.6) is 5.75 Å². The minimum Gasteiger partial charge on any atom is -0.506 e. The van der Waals surface area contributed by atoms with Crippen LogP contribution in [-0.4, -0.2) is 27.3 Å². The quantitative estimate of drug-likeness (QED) is 0.380. The summed E-state index contributed by atoms with van der Waals surface area (Å²) < 4.78 is 0. The summed E-state index contributed by atoms with van der Waals surface area (Å²) in [5.41, 5.74) is 5.77. The molecule has 0 aliphatic heterocycles. The lowest BCUT2D eigenvalue weighted by molar-refractivity contribution is 0.423. The van der Waals surface area contributed by atoms with E-state index in [4.69, 9.17) is 20.9 Å². The Morgan fingerprint density at radius 2 is 2.17 bits per heavy atom. The molecular weight excluding hydrogens is 159 g/mol.